The number of aromatic nitrogens is 1. The second kappa shape index (κ2) is 7.00. The Labute approximate surface area is 149 Å². The first-order valence-corrected chi connectivity index (χ1v) is 9.03. The van der Waals surface area contributed by atoms with E-state index in [1.165, 1.54) is 11.3 Å². The molecule has 0 spiro atoms. The van der Waals surface area contributed by atoms with Crippen LogP contribution in [0.25, 0.3) is 10.9 Å². The number of nitrogens with one attached hydrogen (secondary N) is 1. The Morgan fingerprint density at radius 3 is 2.88 bits per heavy atom. The van der Waals surface area contributed by atoms with Crippen molar-refractivity contribution in [3.05, 3.63) is 35.5 Å². The molecule has 5 heteroatoms. The fourth-order valence-corrected chi connectivity index (χ4v) is 3.97. The number of aryl methyl sites for hydroxylation is 1. The Hall–Kier alpha value is -2.14. The molecule has 1 unspecified atom stereocenters. The van der Waals surface area contributed by atoms with Crippen LogP contribution >= 0.6 is 0 Å². The number of amides is 1. The molecule has 1 aromatic carbocycles. The molecule has 1 atom stereocenters. The lowest BCUT2D eigenvalue weighted by atomic mass is 9.88. The van der Waals surface area contributed by atoms with Crippen LogP contribution in [0.2, 0.25) is 0 Å². The number of hydrogen-bond donors (Lipinski definition) is 2. The Balaban J connectivity index is 2.04. The van der Waals surface area contributed by atoms with Crippen LogP contribution in [0.1, 0.15) is 37.4 Å². The minimum Gasteiger partial charge on any atom is -0.388 e. The van der Waals surface area contributed by atoms with Crippen molar-refractivity contribution in [2.45, 2.75) is 45.1 Å². The van der Waals surface area contributed by atoms with Gasteiger partial charge in [0.15, 0.2) is 0 Å². The molecular formula is C20H27N3O2. The second-order valence-corrected chi connectivity index (χ2v) is 6.99. The molecule has 1 aliphatic heterocycles. The quantitative estimate of drug-likeness (QED) is 0.897. The Morgan fingerprint density at radius 1 is 1.40 bits per heavy atom. The predicted molar refractivity (Wildman–Crippen MR) is 101 cm³/mol. The minimum atomic E-state index is -0.984. The molecule has 1 saturated heterocycles. The highest BCUT2D eigenvalue weighted by molar-refractivity contribution is 5.94. The van der Waals surface area contributed by atoms with Crippen LogP contribution in [0.5, 0.6) is 0 Å². The molecule has 1 fully saturated rings. The van der Waals surface area contributed by atoms with E-state index in [1.54, 1.807) is 7.05 Å². The highest BCUT2D eigenvalue weighted by atomic mass is 16.3. The van der Waals surface area contributed by atoms with E-state index in [0.717, 1.165) is 36.0 Å². The number of fused-ring (bicyclic) bond motifs is 1. The van der Waals surface area contributed by atoms with Crippen LogP contribution in [0.3, 0.4) is 0 Å². The summed E-state index contributed by atoms with van der Waals surface area (Å²) >= 11 is 0. The molecule has 1 amide bonds. The molecular weight excluding hydrogens is 314 g/mol. The molecule has 5 nitrogen and oxygen atoms in total. The number of piperidine rings is 1. The van der Waals surface area contributed by atoms with Crippen LogP contribution in [0.4, 0.5) is 5.69 Å². The van der Waals surface area contributed by atoms with Crippen LogP contribution in [0, 0.1) is 6.92 Å². The van der Waals surface area contributed by atoms with Gasteiger partial charge in [0.2, 0.25) is 5.91 Å². The molecule has 2 N–H and O–H groups in total. The smallest absolute Gasteiger partial charge is 0.222 e. The Bertz CT molecular complexity index is 790. The van der Waals surface area contributed by atoms with E-state index >= 15 is 0 Å². The topological polar surface area (TPSA) is 65.5 Å². The first-order valence-electron chi connectivity index (χ1n) is 9.03. The lowest BCUT2D eigenvalue weighted by Gasteiger charge is -2.41. The number of β-amino-alcohol motifs (C(OH)–C–C–N with tert-alkyl or cyclic N) is 1. The number of aliphatic hydroxyl groups is 1. The van der Waals surface area contributed by atoms with Gasteiger partial charge in [0, 0.05) is 31.2 Å². The van der Waals surface area contributed by atoms with Crippen molar-refractivity contribution in [2.24, 2.45) is 0 Å². The van der Waals surface area contributed by atoms with Crippen LogP contribution in [-0.2, 0) is 11.2 Å². The fraction of sp³-hybridized carbons (Fsp3) is 0.500. The average molecular weight is 341 g/mol. The summed E-state index contributed by atoms with van der Waals surface area (Å²) in [5.74, 6) is -0.115. The number of anilines is 1. The molecule has 2 aromatic rings. The maximum atomic E-state index is 11.8. The van der Waals surface area contributed by atoms with Gasteiger partial charge in [-0.3, -0.25) is 9.78 Å². The number of carbonyl (C=O) groups is 1. The molecule has 1 aromatic heterocycles. The van der Waals surface area contributed by atoms with Gasteiger partial charge in [0.05, 0.1) is 23.2 Å². The SMILES string of the molecule is CCc1c(C)nc2ccccc2c1N1CCCC(O)(CC(=O)NC)C1. The highest BCUT2D eigenvalue weighted by Crippen LogP contribution is 2.36. The second-order valence-electron chi connectivity index (χ2n) is 6.99. The van der Waals surface area contributed by atoms with E-state index in [9.17, 15) is 9.90 Å². The molecule has 0 aliphatic carbocycles. The van der Waals surface area contributed by atoms with Crippen molar-refractivity contribution >= 4 is 22.5 Å². The number of para-hydroxylation sites is 1. The summed E-state index contributed by atoms with van der Waals surface area (Å²) in [6.07, 6.45) is 2.56. The zero-order valence-corrected chi connectivity index (χ0v) is 15.3. The maximum Gasteiger partial charge on any atom is 0.222 e. The van der Waals surface area contributed by atoms with Gasteiger partial charge in [-0.2, -0.15) is 0 Å². The first kappa shape index (κ1) is 17.7. The van der Waals surface area contributed by atoms with Crippen molar-refractivity contribution in [1.82, 2.24) is 10.3 Å². The average Bonchev–Trinajstić information content (AvgIpc) is 2.60. The molecule has 2 heterocycles. The predicted octanol–water partition coefficient (Wildman–Crippen LogP) is 2.57. The van der Waals surface area contributed by atoms with Crippen molar-refractivity contribution in [2.75, 3.05) is 25.0 Å². The number of nitrogens with zero attached hydrogens (tertiary/aromatic N) is 2. The molecule has 3 rings (SSSR count). The maximum absolute atomic E-state index is 11.8. The summed E-state index contributed by atoms with van der Waals surface area (Å²) < 4.78 is 0. The van der Waals surface area contributed by atoms with E-state index < -0.39 is 5.60 Å². The lowest BCUT2D eigenvalue weighted by Crippen LogP contribution is -2.50. The summed E-state index contributed by atoms with van der Waals surface area (Å²) in [5, 5.41) is 14.7. The van der Waals surface area contributed by atoms with E-state index in [4.69, 9.17) is 4.98 Å². The number of carbonyl (C=O) groups excluding carboxylic acids is 1. The molecule has 134 valence electrons. The summed E-state index contributed by atoms with van der Waals surface area (Å²) in [7, 11) is 1.61. The Kier molecular flexibility index (Phi) is 4.95. The third-order valence-corrected chi connectivity index (χ3v) is 5.16. The zero-order valence-electron chi connectivity index (χ0n) is 15.3. The first-order chi connectivity index (χ1) is 12.0. The van der Waals surface area contributed by atoms with Crippen LogP contribution < -0.4 is 10.2 Å². The summed E-state index contributed by atoms with van der Waals surface area (Å²) in [5.41, 5.74) is 3.43. The monoisotopic (exact) mass is 341 g/mol. The van der Waals surface area contributed by atoms with Crippen molar-refractivity contribution in [1.29, 1.82) is 0 Å². The van der Waals surface area contributed by atoms with E-state index in [1.807, 2.05) is 18.2 Å². The molecule has 1 aliphatic rings. The lowest BCUT2D eigenvalue weighted by molar-refractivity contribution is -0.125. The van der Waals surface area contributed by atoms with Crippen LogP contribution in [-0.4, -0.2) is 41.7 Å². The zero-order chi connectivity index (χ0) is 18.0. The summed E-state index contributed by atoms with van der Waals surface area (Å²) in [6.45, 7) is 5.55. The number of hydrogen-bond acceptors (Lipinski definition) is 4. The van der Waals surface area contributed by atoms with Crippen molar-refractivity contribution in [3.8, 4) is 0 Å². The van der Waals surface area contributed by atoms with Gasteiger partial charge in [-0.25, -0.2) is 0 Å². The van der Waals surface area contributed by atoms with Gasteiger partial charge in [-0.05, 0) is 37.8 Å². The van der Waals surface area contributed by atoms with E-state index in [-0.39, 0.29) is 12.3 Å². The third-order valence-electron chi connectivity index (χ3n) is 5.16. The van der Waals surface area contributed by atoms with Crippen molar-refractivity contribution < 1.29 is 9.90 Å². The minimum absolute atomic E-state index is 0.115. The highest BCUT2D eigenvalue weighted by Gasteiger charge is 2.36. The van der Waals surface area contributed by atoms with Gasteiger partial charge in [0.1, 0.15) is 0 Å². The van der Waals surface area contributed by atoms with Gasteiger partial charge in [-0.1, -0.05) is 25.1 Å². The molecule has 25 heavy (non-hydrogen) atoms. The van der Waals surface area contributed by atoms with Crippen molar-refractivity contribution in [3.63, 3.8) is 0 Å². The molecule has 0 bridgehead atoms. The number of pyridine rings is 1. The molecule has 0 saturated carbocycles. The van der Waals surface area contributed by atoms with Crippen LogP contribution in [0.15, 0.2) is 24.3 Å². The Morgan fingerprint density at radius 2 is 2.16 bits per heavy atom. The standard InChI is InChI=1S/C20H27N3O2/c1-4-15-14(2)22-17-9-6-5-8-16(17)19(15)23-11-7-10-20(25,13-23)12-18(24)21-3/h5-6,8-9,25H,4,7,10-13H2,1-3H3,(H,21,24). The number of rotatable bonds is 4. The van der Waals surface area contributed by atoms with E-state index in [2.05, 4.69) is 30.1 Å². The van der Waals surface area contributed by atoms with Gasteiger partial charge in [0.25, 0.3) is 0 Å². The fourth-order valence-electron chi connectivity index (χ4n) is 3.97. The van der Waals surface area contributed by atoms with Gasteiger partial charge < -0.3 is 15.3 Å². The van der Waals surface area contributed by atoms with Gasteiger partial charge >= 0.3 is 0 Å². The van der Waals surface area contributed by atoms with E-state index in [0.29, 0.717) is 13.0 Å². The largest absolute Gasteiger partial charge is 0.388 e. The summed E-state index contributed by atoms with van der Waals surface area (Å²) in [6, 6.07) is 8.17. The normalized spacial score (nSPS) is 20.7. The van der Waals surface area contributed by atoms with Gasteiger partial charge in [-0.15, -0.1) is 0 Å². The number of benzene rings is 1. The third kappa shape index (κ3) is 3.47. The summed E-state index contributed by atoms with van der Waals surface area (Å²) in [4.78, 5) is 18.8. The molecule has 0 radical (unpaired) electrons.